The number of methoxy groups -OCH3 is 1. The highest BCUT2D eigenvalue weighted by atomic mass is 16.7. The Balaban J connectivity index is 2.38. The van der Waals surface area contributed by atoms with Crippen LogP contribution in [0, 0.1) is 6.92 Å². The first-order chi connectivity index (χ1) is 8.93. The number of aryl methyl sites for hydroxylation is 1. The number of ether oxygens (including phenoxy) is 2. The Morgan fingerprint density at radius 1 is 1.63 bits per heavy atom. The summed E-state index contributed by atoms with van der Waals surface area (Å²) in [4.78, 5) is 25.2. The quantitative estimate of drug-likeness (QED) is 0.614. The van der Waals surface area contributed by atoms with Gasteiger partial charge in [0.1, 0.15) is 12.3 Å². The molecule has 3 N–H and O–H groups in total. The summed E-state index contributed by atoms with van der Waals surface area (Å²) >= 11 is 0. The molecule has 3 atom stereocenters. The maximum absolute atomic E-state index is 11.7. The molecule has 2 heterocycles. The number of nitrogens with zero attached hydrogens (tertiary/aromatic N) is 1. The van der Waals surface area contributed by atoms with Gasteiger partial charge in [0.2, 0.25) is 5.79 Å². The van der Waals surface area contributed by atoms with Crippen molar-refractivity contribution in [2.75, 3.05) is 13.7 Å². The predicted molar refractivity (Wildman–Crippen MR) is 63.6 cm³/mol. The van der Waals surface area contributed by atoms with E-state index in [1.54, 1.807) is 6.92 Å². The van der Waals surface area contributed by atoms with Gasteiger partial charge >= 0.3 is 5.69 Å². The van der Waals surface area contributed by atoms with E-state index in [9.17, 15) is 19.8 Å². The van der Waals surface area contributed by atoms with Gasteiger partial charge in [0.15, 0.2) is 0 Å². The maximum atomic E-state index is 11.7. The number of hydrogen-bond donors (Lipinski definition) is 3. The molecular weight excluding hydrogens is 256 g/mol. The average molecular weight is 272 g/mol. The minimum atomic E-state index is -1.55. The van der Waals surface area contributed by atoms with Crippen LogP contribution in [0.15, 0.2) is 15.8 Å². The number of aliphatic hydroxyl groups is 2. The average Bonchev–Trinajstić information content (AvgIpc) is 2.71. The fraction of sp³-hybridized carbons (Fsp3) is 0.636. The first-order valence-electron chi connectivity index (χ1n) is 5.77. The van der Waals surface area contributed by atoms with Gasteiger partial charge in [-0.25, -0.2) is 4.79 Å². The van der Waals surface area contributed by atoms with E-state index < -0.39 is 36.0 Å². The molecule has 8 nitrogen and oxygen atoms in total. The largest absolute Gasteiger partial charge is 0.391 e. The van der Waals surface area contributed by atoms with Crippen LogP contribution in [0.25, 0.3) is 0 Å². The summed E-state index contributed by atoms with van der Waals surface area (Å²) < 4.78 is 11.6. The van der Waals surface area contributed by atoms with E-state index in [4.69, 9.17) is 9.47 Å². The van der Waals surface area contributed by atoms with Gasteiger partial charge in [0.05, 0.1) is 6.61 Å². The molecule has 1 aromatic heterocycles. The summed E-state index contributed by atoms with van der Waals surface area (Å²) in [7, 11) is 1.29. The standard InChI is InChI=1S/C11H16N2O6/c1-6-4-13(10(17)12-9(6)16)8-3-7(15)11(5-14,18-2)19-8/h4,7-8,14-15H,3,5H2,1-2H3,(H,12,16,17)/t7-,8-,11+/m0/s1. The van der Waals surface area contributed by atoms with Crippen LogP contribution >= 0.6 is 0 Å². The first kappa shape index (κ1) is 13.9. The van der Waals surface area contributed by atoms with Gasteiger partial charge < -0.3 is 19.7 Å². The molecule has 8 heteroatoms. The zero-order valence-electron chi connectivity index (χ0n) is 10.6. The number of nitrogens with one attached hydrogen (secondary N) is 1. The summed E-state index contributed by atoms with van der Waals surface area (Å²) in [5.74, 6) is -1.55. The van der Waals surface area contributed by atoms with Crippen molar-refractivity contribution in [3.8, 4) is 0 Å². The molecule has 0 unspecified atom stereocenters. The van der Waals surface area contributed by atoms with E-state index in [0.717, 1.165) is 4.57 Å². The van der Waals surface area contributed by atoms with Crippen molar-refractivity contribution in [1.82, 2.24) is 9.55 Å². The van der Waals surface area contributed by atoms with E-state index in [0.29, 0.717) is 5.56 Å². The molecule has 0 spiro atoms. The lowest BCUT2D eigenvalue weighted by atomic mass is 10.1. The molecule has 1 aliphatic rings. The molecule has 0 amide bonds. The smallest absolute Gasteiger partial charge is 0.330 e. The number of rotatable bonds is 3. The third-order valence-electron chi connectivity index (χ3n) is 3.29. The lowest BCUT2D eigenvalue weighted by Crippen LogP contribution is -2.45. The fourth-order valence-corrected chi connectivity index (χ4v) is 2.09. The number of H-pyrrole nitrogens is 1. The molecule has 0 aromatic carbocycles. The predicted octanol–water partition coefficient (Wildman–Crippen LogP) is -1.54. The zero-order valence-corrected chi connectivity index (χ0v) is 10.6. The van der Waals surface area contributed by atoms with Crippen LogP contribution in [-0.4, -0.2) is 45.4 Å². The van der Waals surface area contributed by atoms with Crippen molar-refractivity contribution in [1.29, 1.82) is 0 Å². The molecule has 1 aliphatic heterocycles. The van der Waals surface area contributed by atoms with E-state index >= 15 is 0 Å². The van der Waals surface area contributed by atoms with Crippen LogP contribution in [0.3, 0.4) is 0 Å². The summed E-state index contributed by atoms with van der Waals surface area (Å²) in [6.45, 7) is 1.01. The summed E-state index contributed by atoms with van der Waals surface area (Å²) in [5, 5.41) is 19.2. The fourth-order valence-electron chi connectivity index (χ4n) is 2.09. The topological polar surface area (TPSA) is 114 Å². The SMILES string of the molecule is CO[C@]1(CO)O[C@H](n2cc(C)c(=O)[nH]c2=O)C[C@@H]1O. The van der Waals surface area contributed by atoms with Crippen LogP contribution < -0.4 is 11.2 Å². The molecule has 1 fully saturated rings. The van der Waals surface area contributed by atoms with E-state index in [1.807, 2.05) is 0 Å². The van der Waals surface area contributed by atoms with Crippen LogP contribution in [0.2, 0.25) is 0 Å². The highest BCUT2D eigenvalue weighted by Gasteiger charge is 2.49. The van der Waals surface area contributed by atoms with Crippen molar-refractivity contribution in [2.45, 2.75) is 31.5 Å². The number of aromatic amines is 1. The molecule has 0 radical (unpaired) electrons. The Labute approximate surface area is 108 Å². The highest BCUT2D eigenvalue weighted by molar-refractivity contribution is 5.02. The third-order valence-corrected chi connectivity index (χ3v) is 3.29. The number of aromatic nitrogens is 2. The van der Waals surface area contributed by atoms with Gasteiger partial charge in [0, 0.05) is 25.3 Å². The number of hydrogen-bond acceptors (Lipinski definition) is 6. The highest BCUT2D eigenvalue weighted by Crippen LogP contribution is 2.36. The van der Waals surface area contributed by atoms with Crippen molar-refractivity contribution in [3.05, 3.63) is 32.6 Å². The summed E-state index contributed by atoms with van der Waals surface area (Å²) in [6, 6.07) is 0. The molecule has 106 valence electrons. The normalized spacial score (nSPS) is 30.7. The second-order valence-corrected chi connectivity index (χ2v) is 4.48. The van der Waals surface area contributed by atoms with Crippen LogP contribution in [0.1, 0.15) is 18.2 Å². The van der Waals surface area contributed by atoms with Crippen molar-refractivity contribution < 1.29 is 19.7 Å². The Morgan fingerprint density at radius 2 is 2.32 bits per heavy atom. The van der Waals surface area contributed by atoms with Gasteiger partial charge in [-0.3, -0.25) is 14.3 Å². The Hall–Kier alpha value is -1.48. The Kier molecular flexibility index (Phi) is 3.59. The Bertz CT molecular complexity index is 573. The van der Waals surface area contributed by atoms with Gasteiger partial charge in [-0.2, -0.15) is 0 Å². The molecule has 0 aliphatic carbocycles. The van der Waals surface area contributed by atoms with Gasteiger partial charge in [-0.05, 0) is 6.92 Å². The molecule has 1 aromatic rings. The molecule has 0 saturated carbocycles. The Morgan fingerprint density at radius 3 is 2.84 bits per heavy atom. The van der Waals surface area contributed by atoms with Crippen LogP contribution in [-0.2, 0) is 9.47 Å². The number of aliphatic hydroxyl groups excluding tert-OH is 2. The molecule has 2 rings (SSSR count). The third kappa shape index (κ3) is 2.23. The molecule has 19 heavy (non-hydrogen) atoms. The van der Waals surface area contributed by atoms with Crippen molar-refractivity contribution in [2.24, 2.45) is 0 Å². The van der Waals surface area contributed by atoms with E-state index in [-0.39, 0.29) is 6.42 Å². The minimum Gasteiger partial charge on any atom is -0.391 e. The monoisotopic (exact) mass is 272 g/mol. The minimum absolute atomic E-state index is 0.0692. The molecule has 1 saturated heterocycles. The van der Waals surface area contributed by atoms with E-state index in [2.05, 4.69) is 4.98 Å². The lowest BCUT2D eigenvalue weighted by Gasteiger charge is -2.28. The first-order valence-corrected chi connectivity index (χ1v) is 5.77. The molecular formula is C11H16N2O6. The van der Waals surface area contributed by atoms with Crippen molar-refractivity contribution >= 4 is 0 Å². The second kappa shape index (κ2) is 4.89. The zero-order chi connectivity index (χ0) is 14.2. The van der Waals surface area contributed by atoms with E-state index in [1.165, 1.54) is 13.3 Å². The summed E-state index contributed by atoms with van der Waals surface area (Å²) in [6.07, 6.45) is -0.474. The second-order valence-electron chi connectivity index (χ2n) is 4.48. The van der Waals surface area contributed by atoms with Crippen LogP contribution in [0.4, 0.5) is 0 Å². The van der Waals surface area contributed by atoms with Crippen molar-refractivity contribution in [3.63, 3.8) is 0 Å². The maximum Gasteiger partial charge on any atom is 0.330 e. The van der Waals surface area contributed by atoms with Gasteiger partial charge in [-0.15, -0.1) is 0 Å². The van der Waals surface area contributed by atoms with Gasteiger partial charge in [-0.1, -0.05) is 0 Å². The summed E-state index contributed by atoms with van der Waals surface area (Å²) in [5.41, 5.74) is -0.769. The van der Waals surface area contributed by atoms with Gasteiger partial charge in [0.25, 0.3) is 5.56 Å². The lowest BCUT2D eigenvalue weighted by molar-refractivity contribution is -0.269. The van der Waals surface area contributed by atoms with Crippen LogP contribution in [0.5, 0.6) is 0 Å². The molecule has 0 bridgehead atoms.